The monoisotopic (exact) mass is 347 g/mol. The molecule has 2 N–H and O–H groups in total. The highest BCUT2D eigenvalue weighted by molar-refractivity contribution is 14.1. The lowest BCUT2D eigenvalue weighted by Crippen LogP contribution is -2.24. The first-order chi connectivity index (χ1) is 8.13. The summed E-state index contributed by atoms with van der Waals surface area (Å²) in [6.07, 6.45) is 1.83. The summed E-state index contributed by atoms with van der Waals surface area (Å²) in [5.74, 6) is 0.282. The van der Waals surface area contributed by atoms with E-state index in [0.29, 0.717) is 18.0 Å². The van der Waals surface area contributed by atoms with Gasteiger partial charge in [-0.15, -0.1) is 0 Å². The van der Waals surface area contributed by atoms with Gasteiger partial charge < -0.3 is 10.4 Å². The first-order valence-electron chi connectivity index (χ1n) is 5.78. The second kappa shape index (κ2) is 7.66. The van der Waals surface area contributed by atoms with Gasteiger partial charge in [-0.3, -0.25) is 4.79 Å². The normalized spacial score (nSPS) is 12.2. The third-order valence-corrected chi connectivity index (χ3v) is 3.23. The van der Waals surface area contributed by atoms with Crippen LogP contribution in [0.4, 0.5) is 0 Å². The number of hydrogen-bond acceptors (Lipinski definition) is 2. The van der Waals surface area contributed by atoms with E-state index >= 15 is 0 Å². The van der Waals surface area contributed by atoms with Gasteiger partial charge in [0.2, 0.25) is 0 Å². The van der Waals surface area contributed by atoms with Crippen LogP contribution in [0.2, 0.25) is 0 Å². The zero-order chi connectivity index (χ0) is 12.7. The van der Waals surface area contributed by atoms with Crippen molar-refractivity contribution >= 4 is 28.5 Å². The van der Waals surface area contributed by atoms with Crippen LogP contribution in [0.5, 0.6) is 0 Å². The molecule has 4 heteroatoms. The van der Waals surface area contributed by atoms with Crippen molar-refractivity contribution in [2.75, 3.05) is 13.2 Å². The molecule has 3 nitrogen and oxygen atoms in total. The van der Waals surface area contributed by atoms with Crippen molar-refractivity contribution in [3.63, 3.8) is 0 Å². The molecule has 1 unspecified atom stereocenters. The van der Waals surface area contributed by atoms with Gasteiger partial charge in [0.25, 0.3) is 5.91 Å². The van der Waals surface area contributed by atoms with Gasteiger partial charge in [-0.05, 0) is 59.5 Å². The number of hydrogen-bond donors (Lipinski definition) is 2. The van der Waals surface area contributed by atoms with Crippen molar-refractivity contribution < 1.29 is 9.90 Å². The second-order valence-electron chi connectivity index (χ2n) is 4.20. The standard InChI is InChI=1S/C13H18INO2/c1-10(9-16)4-3-7-15-13(17)11-5-2-6-12(14)8-11/h2,5-6,8,10,16H,3-4,7,9H2,1H3,(H,15,17). The minimum atomic E-state index is -0.0276. The molecule has 0 fully saturated rings. The SMILES string of the molecule is CC(CO)CCCNC(=O)c1cccc(I)c1. The zero-order valence-corrected chi connectivity index (χ0v) is 12.1. The lowest BCUT2D eigenvalue weighted by Gasteiger charge is -2.08. The smallest absolute Gasteiger partial charge is 0.251 e. The Labute approximate surface area is 116 Å². The number of aliphatic hydroxyl groups excluding tert-OH is 1. The van der Waals surface area contributed by atoms with E-state index < -0.39 is 0 Å². The molecular weight excluding hydrogens is 329 g/mol. The molecule has 1 amide bonds. The Morgan fingerprint density at radius 2 is 2.29 bits per heavy atom. The van der Waals surface area contributed by atoms with Gasteiger partial charge in [-0.25, -0.2) is 0 Å². The Bertz CT molecular complexity index is 368. The number of nitrogens with one attached hydrogen (secondary N) is 1. The summed E-state index contributed by atoms with van der Waals surface area (Å²) >= 11 is 2.19. The number of benzene rings is 1. The fourth-order valence-electron chi connectivity index (χ4n) is 1.48. The molecule has 0 aliphatic heterocycles. The summed E-state index contributed by atoms with van der Waals surface area (Å²) in [5, 5.41) is 11.7. The van der Waals surface area contributed by atoms with Gasteiger partial charge in [-0.2, -0.15) is 0 Å². The molecule has 0 aliphatic rings. The molecule has 1 rings (SSSR count). The molecular formula is C13H18INO2. The molecule has 0 spiro atoms. The van der Waals surface area contributed by atoms with E-state index in [1.807, 2.05) is 31.2 Å². The molecule has 0 saturated carbocycles. The minimum absolute atomic E-state index is 0.0276. The Morgan fingerprint density at radius 3 is 2.94 bits per heavy atom. The predicted octanol–water partition coefficient (Wildman–Crippen LogP) is 2.43. The molecule has 94 valence electrons. The van der Waals surface area contributed by atoms with E-state index in [4.69, 9.17) is 5.11 Å². The number of carbonyl (C=O) groups is 1. The maximum atomic E-state index is 11.7. The number of aliphatic hydroxyl groups is 1. The molecule has 0 heterocycles. The van der Waals surface area contributed by atoms with E-state index in [1.54, 1.807) is 0 Å². The zero-order valence-electron chi connectivity index (χ0n) is 9.95. The Morgan fingerprint density at radius 1 is 1.53 bits per heavy atom. The van der Waals surface area contributed by atoms with Gasteiger partial charge >= 0.3 is 0 Å². The summed E-state index contributed by atoms with van der Waals surface area (Å²) in [7, 11) is 0. The maximum Gasteiger partial charge on any atom is 0.251 e. The highest BCUT2D eigenvalue weighted by Gasteiger charge is 2.05. The first-order valence-corrected chi connectivity index (χ1v) is 6.86. The predicted molar refractivity (Wildman–Crippen MR) is 77.0 cm³/mol. The number of carbonyl (C=O) groups excluding carboxylic acids is 1. The number of amides is 1. The lowest BCUT2D eigenvalue weighted by atomic mass is 10.1. The van der Waals surface area contributed by atoms with Crippen LogP contribution < -0.4 is 5.32 Å². The van der Waals surface area contributed by atoms with Crippen molar-refractivity contribution in [2.24, 2.45) is 5.92 Å². The van der Waals surface area contributed by atoms with Crippen LogP contribution in [0.25, 0.3) is 0 Å². The first kappa shape index (κ1) is 14.4. The average Bonchev–Trinajstić information content (AvgIpc) is 2.34. The lowest BCUT2D eigenvalue weighted by molar-refractivity contribution is 0.0952. The van der Waals surface area contributed by atoms with Crippen LogP contribution in [-0.2, 0) is 0 Å². The summed E-state index contributed by atoms with van der Waals surface area (Å²) < 4.78 is 1.06. The molecule has 1 aromatic carbocycles. The molecule has 0 radical (unpaired) electrons. The van der Waals surface area contributed by atoms with Crippen molar-refractivity contribution in [1.82, 2.24) is 5.32 Å². The average molecular weight is 347 g/mol. The van der Waals surface area contributed by atoms with Gasteiger partial charge in [0.05, 0.1) is 0 Å². The maximum absolute atomic E-state index is 11.7. The molecule has 0 aliphatic carbocycles. The van der Waals surface area contributed by atoms with Crippen molar-refractivity contribution in [3.8, 4) is 0 Å². The van der Waals surface area contributed by atoms with E-state index in [2.05, 4.69) is 27.9 Å². The number of halogens is 1. The summed E-state index contributed by atoms with van der Waals surface area (Å²) in [6.45, 7) is 2.88. The molecule has 0 saturated heterocycles. The largest absolute Gasteiger partial charge is 0.396 e. The van der Waals surface area contributed by atoms with Crippen LogP contribution in [0, 0.1) is 9.49 Å². The Hall–Kier alpha value is -0.620. The molecule has 0 bridgehead atoms. The van der Waals surface area contributed by atoms with Crippen molar-refractivity contribution in [3.05, 3.63) is 33.4 Å². The topological polar surface area (TPSA) is 49.3 Å². The van der Waals surface area contributed by atoms with Crippen molar-refractivity contribution in [1.29, 1.82) is 0 Å². The van der Waals surface area contributed by atoms with E-state index in [9.17, 15) is 4.79 Å². The third kappa shape index (κ3) is 5.50. The minimum Gasteiger partial charge on any atom is -0.396 e. The third-order valence-electron chi connectivity index (χ3n) is 2.56. The van der Waals surface area contributed by atoms with Gasteiger partial charge in [-0.1, -0.05) is 13.0 Å². The van der Waals surface area contributed by atoms with Crippen molar-refractivity contribution in [2.45, 2.75) is 19.8 Å². The van der Waals surface area contributed by atoms with Crippen LogP contribution in [0.3, 0.4) is 0 Å². The van der Waals surface area contributed by atoms with Gasteiger partial charge in [0.1, 0.15) is 0 Å². The summed E-state index contributed by atoms with van der Waals surface area (Å²) in [4.78, 5) is 11.7. The Kier molecular flexibility index (Phi) is 6.50. The Balaban J connectivity index is 2.30. The summed E-state index contributed by atoms with van der Waals surface area (Å²) in [6, 6.07) is 7.52. The van der Waals surface area contributed by atoms with Crippen LogP contribution in [0.1, 0.15) is 30.1 Å². The summed E-state index contributed by atoms with van der Waals surface area (Å²) in [5.41, 5.74) is 0.701. The molecule has 1 aromatic rings. The molecule has 0 aromatic heterocycles. The van der Waals surface area contributed by atoms with Gasteiger partial charge in [0.15, 0.2) is 0 Å². The molecule has 17 heavy (non-hydrogen) atoms. The second-order valence-corrected chi connectivity index (χ2v) is 5.44. The van der Waals surface area contributed by atoms with Crippen LogP contribution in [-0.4, -0.2) is 24.2 Å². The van der Waals surface area contributed by atoms with E-state index in [0.717, 1.165) is 16.4 Å². The molecule has 1 atom stereocenters. The van der Waals surface area contributed by atoms with Crippen LogP contribution in [0.15, 0.2) is 24.3 Å². The highest BCUT2D eigenvalue weighted by atomic mass is 127. The van der Waals surface area contributed by atoms with E-state index in [-0.39, 0.29) is 12.5 Å². The highest BCUT2D eigenvalue weighted by Crippen LogP contribution is 2.08. The fourth-order valence-corrected chi connectivity index (χ4v) is 2.02. The number of rotatable bonds is 6. The van der Waals surface area contributed by atoms with Gasteiger partial charge in [0, 0.05) is 22.3 Å². The fraction of sp³-hybridized carbons (Fsp3) is 0.462. The van der Waals surface area contributed by atoms with E-state index in [1.165, 1.54) is 0 Å². The quantitative estimate of drug-likeness (QED) is 0.613. The van der Waals surface area contributed by atoms with Crippen LogP contribution >= 0.6 is 22.6 Å².